The Morgan fingerprint density at radius 2 is 1.77 bits per heavy atom. The first-order valence-corrected chi connectivity index (χ1v) is 11.9. The van der Waals surface area contributed by atoms with Gasteiger partial charge in [-0.15, -0.1) is 0 Å². The van der Waals surface area contributed by atoms with Gasteiger partial charge in [-0.3, -0.25) is 9.10 Å². The summed E-state index contributed by atoms with van der Waals surface area (Å²) in [4.78, 5) is 23.8. The van der Waals surface area contributed by atoms with Crippen molar-refractivity contribution in [3.63, 3.8) is 0 Å². The van der Waals surface area contributed by atoms with Crippen LogP contribution < -0.4 is 14.4 Å². The second-order valence-electron chi connectivity index (χ2n) is 7.47. The molecule has 8 nitrogen and oxygen atoms in total. The van der Waals surface area contributed by atoms with Crippen LogP contribution in [0.3, 0.4) is 0 Å². The molecule has 1 heterocycles. The molecule has 0 aromatic heterocycles. The summed E-state index contributed by atoms with van der Waals surface area (Å²) in [5.41, 5.74) is 1.37. The van der Waals surface area contributed by atoms with Gasteiger partial charge in [-0.25, -0.2) is 13.2 Å². The zero-order valence-corrected chi connectivity index (χ0v) is 19.3. The molecule has 0 fully saturated rings. The number of hydrogen-bond acceptors (Lipinski definition) is 5. The highest BCUT2D eigenvalue weighted by Gasteiger charge is 2.31. The number of nitrogens with one attached hydrogen (secondary N) is 1. The predicted molar refractivity (Wildman–Crippen MR) is 124 cm³/mol. The molecule has 3 aromatic rings. The molecule has 2 N–H and O–H groups in total. The SMILES string of the molecule is O=C(Nc1ccc(C(=O)O)c(Cl)c1)c1ccc2c(c1)N(S(=O)(=O)c1ccc(OC(F)F)cc1)CC2. The van der Waals surface area contributed by atoms with Gasteiger partial charge in [0.25, 0.3) is 15.9 Å². The number of sulfonamides is 1. The minimum Gasteiger partial charge on any atom is -0.478 e. The normalized spacial score (nSPS) is 13.0. The van der Waals surface area contributed by atoms with Gasteiger partial charge < -0.3 is 15.2 Å². The number of ether oxygens (including phenoxy) is 1. The fourth-order valence-electron chi connectivity index (χ4n) is 3.63. The van der Waals surface area contributed by atoms with Crippen LogP contribution in [0.1, 0.15) is 26.3 Å². The zero-order valence-electron chi connectivity index (χ0n) is 17.7. The van der Waals surface area contributed by atoms with E-state index in [0.717, 1.165) is 22.0 Å². The lowest BCUT2D eigenvalue weighted by Crippen LogP contribution is -2.29. The lowest BCUT2D eigenvalue weighted by molar-refractivity contribution is -0.0498. The Labute approximate surface area is 203 Å². The molecule has 3 aromatic carbocycles. The Morgan fingerprint density at radius 1 is 1.06 bits per heavy atom. The highest BCUT2D eigenvalue weighted by atomic mass is 35.5. The molecule has 0 bridgehead atoms. The number of anilines is 2. The van der Waals surface area contributed by atoms with Crippen molar-refractivity contribution in [1.82, 2.24) is 0 Å². The third-order valence-electron chi connectivity index (χ3n) is 5.29. The molecule has 182 valence electrons. The van der Waals surface area contributed by atoms with E-state index in [1.54, 1.807) is 12.1 Å². The molecule has 0 saturated carbocycles. The van der Waals surface area contributed by atoms with Crippen molar-refractivity contribution in [3.8, 4) is 5.75 Å². The number of fused-ring (bicyclic) bond motifs is 1. The first-order chi connectivity index (χ1) is 16.6. The smallest absolute Gasteiger partial charge is 0.387 e. The number of nitrogens with zero attached hydrogens (tertiary/aromatic N) is 1. The number of halogens is 3. The summed E-state index contributed by atoms with van der Waals surface area (Å²) in [5.74, 6) is -1.93. The maximum Gasteiger partial charge on any atom is 0.387 e. The Kier molecular flexibility index (Phi) is 6.64. The van der Waals surface area contributed by atoms with Gasteiger partial charge in [0.2, 0.25) is 0 Å². The number of carboxylic acid groups (broad SMARTS) is 1. The highest BCUT2D eigenvalue weighted by molar-refractivity contribution is 7.92. The van der Waals surface area contributed by atoms with E-state index in [2.05, 4.69) is 10.1 Å². The number of hydrogen-bond donors (Lipinski definition) is 2. The van der Waals surface area contributed by atoms with Crippen LogP contribution in [-0.2, 0) is 16.4 Å². The van der Waals surface area contributed by atoms with Crippen LogP contribution in [0.2, 0.25) is 5.02 Å². The van der Waals surface area contributed by atoms with E-state index >= 15 is 0 Å². The van der Waals surface area contributed by atoms with Crippen LogP contribution in [0.25, 0.3) is 0 Å². The Bertz CT molecular complexity index is 1410. The quantitative estimate of drug-likeness (QED) is 0.467. The van der Waals surface area contributed by atoms with Crippen LogP contribution >= 0.6 is 11.6 Å². The number of alkyl halides is 2. The van der Waals surface area contributed by atoms with Gasteiger partial charge in [-0.05, 0) is 66.6 Å². The summed E-state index contributed by atoms with van der Waals surface area (Å²) in [6.07, 6.45) is 0.426. The number of carboxylic acids is 1. The Morgan fingerprint density at radius 3 is 2.40 bits per heavy atom. The van der Waals surface area contributed by atoms with Crippen LogP contribution in [0.4, 0.5) is 20.2 Å². The standard InChI is InChI=1S/C23H17ClF2N2O6S/c24-19-12-15(3-8-18(19)22(30)31)27-21(29)14-2-1-13-9-10-28(20(13)11-14)35(32,33)17-6-4-16(5-7-17)34-23(25)26/h1-8,11-12,23H,9-10H2,(H,27,29)(H,30,31). The van der Waals surface area contributed by atoms with Crippen LogP contribution in [-0.4, -0.2) is 38.6 Å². The van der Waals surface area contributed by atoms with Crippen LogP contribution in [0.5, 0.6) is 5.75 Å². The highest BCUT2D eigenvalue weighted by Crippen LogP contribution is 2.34. The number of carbonyl (C=O) groups excluding carboxylic acids is 1. The molecule has 0 saturated heterocycles. The van der Waals surface area contributed by atoms with Crippen molar-refractivity contribution in [3.05, 3.63) is 82.4 Å². The summed E-state index contributed by atoms with van der Waals surface area (Å²) in [7, 11) is -4.03. The van der Waals surface area contributed by atoms with Crippen LogP contribution in [0, 0.1) is 0 Å². The van der Waals surface area contributed by atoms with Gasteiger partial charge in [0.15, 0.2) is 0 Å². The van der Waals surface area contributed by atoms with Gasteiger partial charge in [0.1, 0.15) is 5.75 Å². The van der Waals surface area contributed by atoms with Gasteiger partial charge in [-0.1, -0.05) is 17.7 Å². The molecule has 0 radical (unpaired) electrons. The molecular formula is C23H17ClF2N2O6S. The Hall–Kier alpha value is -3.70. The number of aromatic carboxylic acids is 1. The van der Waals surface area contributed by atoms with Gasteiger partial charge in [0, 0.05) is 17.8 Å². The van der Waals surface area contributed by atoms with E-state index in [-0.39, 0.29) is 39.0 Å². The third kappa shape index (κ3) is 5.05. The monoisotopic (exact) mass is 522 g/mol. The molecule has 35 heavy (non-hydrogen) atoms. The van der Waals surface area contributed by atoms with Gasteiger partial charge in [0.05, 0.1) is 21.2 Å². The molecule has 0 unspecified atom stereocenters. The molecule has 1 amide bonds. The average Bonchev–Trinajstić information content (AvgIpc) is 3.23. The summed E-state index contributed by atoms with van der Waals surface area (Å²) in [6, 6.07) is 13.2. The molecule has 0 aliphatic carbocycles. The maximum atomic E-state index is 13.2. The second kappa shape index (κ2) is 9.51. The maximum absolute atomic E-state index is 13.2. The van der Waals surface area contributed by atoms with E-state index in [9.17, 15) is 26.8 Å². The molecule has 1 aliphatic heterocycles. The minimum absolute atomic E-state index is 0.0495. The van der Waals surface area contributed by atoms with Gasteiger partial charge in [-0.2, -0.15) is 8.78 Å². The largest absolute Gasteiger partial charge is 0.478 e. The molecule has 0 spiro atoms. The van der Waals surface area contributed by atoms with Gasteiger partial charge >= 0.3 is 12.6 Å². The average molecular weight is 523 g/mol. The van der Waals surface area contributed by atoms with Crippen molar-refractivity contribution in [2.24, 2.45) is 0 Å². The topological polar surface area (TPSA) is 113 Å². The van der Waals surface area contributed by atoms with Crippen molar-refractivity contribution >= 4 is 44.9 Å². The number of carbonyl (C=O) groups is 2. The zero-order chi connectivity index (χ0) is 25.3. The predicted octanol–water partition coefficient (Wildman–Crippen LogP) is 4.64. The number of amides is 1. The molecule has 12 heteroatoms. The van der Waals surface area contributed by atoms with E-state index in [1.807, 2.05) is 0 Å². The van der Waals surface area contributed by atoms with Crippen molar-refractivity contribution in [2.45, 2.75) is 17.9 Å². The van der Waals surface area contributed by atoms with Crippen molar-refractivity contribution in [1.29, 1.82) is 0 Å². The van der Waals surface area contributed by atoms with E-state index in [1.165, 1.54) is 36.4 Å². The molecule has 4 rings (SSSR count). The van der Waals surface area contributed by atoms with E-state index < -0.39 is 28.5 Å². The molecule has 0 atom stereocenters. The van der Waals surface area contributed by atoms with E-state index in [0.29, 0.717) is 12.1 Å². The first kappa shape index (κ1) is 24.4. The second-order valence-corrected chi connectivity index (χ2v) is 9.74. The first-order valence-electron chi connectivity index (χ1n) is 10.1. The summed E-state index contributed by atoms with van der Waals surface area (Å²) in [5, 5.41) is 11.6. The lowest BCUT2D eigenvalue weighted by atomic mass is 10.1. The number of benzene rings is 3. The van der Waals surface area contributed by atoms with Crippen molar-refractivity contribution < 1.29 is 36.6 Å². The lowest BCUT2D eigenvalue weighted by Gasteiger charge is -2.20. The number of rotatable bonds is 7. The summed E-state index contributed by atoms with van der Waals surface area (Å²) < 4.78 is 56.5. The Balaban J connectivity index is 1.57. The van der Waals surface area contributed by atoms with Crippen molar-refractivity contribution in [2.75, 3.05) is 16.2 Å². The van der Waals surface area contributed by atoms with E-state index in [4.69, 9.17) is 16.7 Å². The summed E-state index contributed by atoms with van der Waals surface area (Å²) >= 11 is 5.94. The minimum atomic E-state index is -4.03. The fourth-order valence-corrected chi connectivity index (χ4v) is 5.39. The summed E-state index contributed by atoms with van der Waals surface area (Å²) in [6.45, 7) is -2.89. The molecule has 1 aliphatic rings. The fraction of sp³-hybridized carbons (Fsp3) is 0.130. The van der Waals surface area contributed by atoms with Crippen LogP contribution in [0.15, 0.2) is 65.6 Å². The molecular weight excluding hydrogens is 506 g/mol. The third-order valence-corrected chi connectivity index (χ3v) is 7.43.